The van der Waals surface area contributed by atoms with Gasteiger partial charge in [0.05, 0.1) is 12.2 Å². The van der Waals surface area contributed by atoms with E-state index in [4.69, 9.17) is 4.74 Å². The molecule has 0 unspecified atom stereocenters. The van der Waals surface area contributed by atoms with Gasteiger partial charge in [-0.3, -0.25) is 0 Å². The van der Waals surface area contributed by atoms with Crippen molar-refractivity contribution in [3.8, 4) is 0 Å². The van der Waals surface area contributed by atoms with E-state index in [1.54, 1.807) is 20.8 Å². The van der Waals surface area contributed by atoms with Crippen molar-refractivity contribution in [2.45, 2.75) is 64.6 Å². The molecule has 2 aromatic heterocycles. The molecule has 0 atom stereocenters. The summed E-state index contributed by atoms with van der Waals surface area (Å²) < 4.78 is 68.0. The molecule has 2 rings (SSSR count). The summed E-state index contributed by atoms with van der Waals surface area (Å²) in [5, 5.41) is 0. The van der Waals surface area contributed by atoms with E-state index in [1.807, 2.05) is 35.7 Å². The van der Waals surface area contributed by atoms with Gasteiger partial charge in [0.2, 0.25) is 0 Å². The highest BCUT2D eigenvalue weighted by atomic mass is 32.2. The second-order valence-corrected chi connectivity index (χ2v) is 10.2. The van der Waals surface area contributed by atoms with Crippen molar-refractivity contribution >= 4 is 21.8 Å². The van der Waals surface area contributed by atoms with Crippen LogP contribution in [0, 0.1) is 6.92 Å². The molecule has 0 radical (unpaired) electrons. The minimum absolute atomic E-state index is 0.202. The molecule has 1 amide bonds. The third-order valence-electron chi connectivity index (χ3n) is 4.40. The number of nitrogens with zero attached hydrogens (tertiary/aromatic N) is 3. The first kappa shape index (κ1) is 25.9. The number of hydrogen-bond acceptors (Lipinski definition) is 5. The Morgan fingerprint density at radius 1 is 1.19 bits per heavy atom. The smallest absolute Gasteiger partial charge is 0.444 e. The Kier molecular flexibility index (Phi) is 8.16. The van der Waals surface area contributed by atoms with E-state index in [0.717, 1.165) is 17.0 Å². The van der Waals surface area contributed by atoms with Crippen LogP contribution in [0.1, 0.15) is 51.4 Å². The number of imidazole rings is 1. The quantitative estimate of drug-likeness (QED) is 0.550. The molecule has 0 aliphatic heterocycles. The number of aromatic nitrogens is 2. The van der Waals surface area contributed by atoms with Gasteiger partial charge in [0.1, 0.15) is 11.2 Å². The van der Waals surface area contributed by atoms with Gasteiger partial charge < -0.3 is 14.0 Å². The van der Waals surface area contributed by atoms with Gasteiger partial charge in [-0.25, -0.2) is 22.9 Å². The van der Waals surface area contributed by atoms with Crippen LogP contribution >= 0.6 is 0 Å². The number of rotatable bonds is 9. The fourth-order valence-electron chi connectivity index (χ4n) is 2.97. The molecule has 1 N–H and O–H groups in total. The lowest BCUT2D eigenvalue weighted by Gasteiger charge is -2.27. The minimum Gasteiger partial charge on any atom is -0.444 e. The molecular weight excluding hydrogens is 449 g/mol. The number of pyridine rings is 1. The van der Waals surface area contributed by atoms with E-state index in [0.29, 0.717) is 19.4 Å². The highest BCUT2D eigenvalue weighted by Gasteiger charge is 2.45. The van der Waals surface area contributed by atoms with Gasteiger partial charge in [0.15, 0.2) is 0 Å². The number of ether oxygens (including phenoxy) is 1. The predicted octanol–water partition coefficient (Wildman–Crippen LogP) is 3.99. The Morgan fingerprint density at radius 2 is 1.88 bits per heavy atom. The number of nitrogens with one attached hydrogen (secondary N) is 1. The van der Waals surface area contributed by atoms with Gasteiger partial charge in [-0.05, 0) is 52.7 Å². The first-order chi connectivity index (χ1) is 14.7. The first-order valence-corrected chi connectivity index (χ1v) is 11.7. The van der Waals surface area contributed by atoms with Crippen LogP contribution in [0.25, 0.3) is 5.65 Å². The van der Waals surface area contributed by atoms with Crippen molar-refractivity contribution in [3.05, 3.63) is 35.8 Å². The topological polar surface area (TPSA) is 93.0 Å². The van der Waals surface area contributed by atoms with Gasteiger partial charge in [0, 0.05) is 25.0 Å². The number of aryl methyl sites for hydroxylation is 1. The second-order valence-electron chi connectivity index (χ2n) is 8.43. The number of alkyl halides is 3. The zero-order chi connectivity index (χ0) is 24.2. The van der Waals surface area contributed by atoms with Crippen molar-refractivity contribution in [3.63, 3.8) is 0 Å². The Morgan fingerprint density at radius 3 is 2.50 bits per heavy atom. The molecular formula is C20H29F3N4O4S. The molecule has 32 heavy (non-hydrogen) atoms. The maximum absolute atomic E-state index is 12.7. The van der Waals surface area contributed by atoms with Crippen LogP contribution in [0.3, 0.4) is 0 Å². The molecule has 180 valence electrons. The van der Waals surface area contributed by atoms with Gasteiger partial charge in [-0.1, -0.05) is 12.5 Å². The number of amides is 1. The number of carbonyl (C=O) groups is 1. The summed E-state index contributed by atoms with van der Waals surface area (Å²) in [6.07, 6.45) is 2.45. The van der Waals surface area contributed by atoms with Crippen LogP contribution < -0.4 is 4.72 Å². The van der Waals surface area contributed by atoms with Gasteiger partial charge in [-0.15, -0.1) is 0 Å². The van der Waals surface area contributed by atoms with E-state index >= 15 is 0 Å². The highest BCUT2D eigenvalue weighted by molar-refractivity contribution is 7.90. The van der Waals surface area contributed by atoms with E-state index < -0.39 is 27.2 Å². The summed E-state index contributed by atoms with van der Waals surface area (Å²) in [5.74, 6) is 0. The lowest BCUT2D eigenvalue weighted by Crippen LogP contribution is -2.38. The fraction of sp³-hybridized carbons (Fsp3) is 0.600. The van der Waals surface area contributed by atoms with E-state index in [9.17, 15) is 26.4 Å². The number of carbonyl (C=O) groups excluding carboxylic acids is 1. The zero-order valence-corrected chi connectivity index (χ0v) is 19.4. The molecule has 12 heteroatoms. The zero-order valence-electron chi connectivity index (χ0n) is 18.6. The molecule has 8 nitrogen and oxygen atoms in total. The molecule has 0 aliphatic rings. The predicted molar refractivity (Wildman–Crippen MR) is 113 cm³/mol. The molecule has 0 aromatic carbocycles. The number of hydrogen-bond donors (Lipinski definition) is 1. The average molecular weight is 479 g/mol. The monoisotopic (exact) mass is 478 g/mol. The highest BCUT2D eigenvalue weighted by Crippen LogP contribution is 2.21. The number of fused-ring (bicyclic) bond motifs is 1. The van der Waals surface area contributed by atoms with Gasteiger partial charge >= 0.3 is 21.6 Å². The summed E-state index contributed by atoms with van der Waals surface area (Å²) in [4.78, 5) is 18.7. The molecule has 0 fully saturated rings. The third kappa shape index (κ3) is 7.37. The average Bonchev–Trinajstić information content (AvgIpc) is 3.02. The summed E-state index contributed by atoms with van der Waals surface area (Å²) >= 11 is 0. The van der Waals surface area contributed by atoms with Crippen LogP contribution in [-0.2, 0) is 21.3 Å². The lowest BCUT2D eigenvalue weighted by atomic mass is 10.2. The maximum Gasteiger partial charge on any atom is 0.511 e. The summed E-state index contributed by atoms with van der Waals surface area (Å²) in [5.41, 5.74) is -3.61. The maximum atomic E-state index is 12.7. The molecule has 0 spiro atoms. The van der Waals surface area contributed by atoms with Crippen LogP contribution in [0.2, 0.25) is 0 Å². The molecule has 0 bridgehead atoms. The van der Waals surface area contributed by atoms with Crippen molar-refractivity contribution in [1.82, 2.24) is 19.0 Å². The van der Waals surface area contributed by atoms with Crippen molar-refractivity contribution in [2.24, 2.45) is 0 Å². The molecule has 0 aliphatic carbocycles. The SMILES string of the molecule is Cc1cn2c(CN(CCCCCNS(=O)(=O)C(F)(F)F)C(=O)OC(C)(C)C)cccc2n1. The van der Waals surface area contributed by atoms with Gasteiger partial charge in [0.25, 0.3) is 0 Å². The van der Waals surface area contributed by atoms with Crippen molar-refractivity contribution < 1.29 is 31.1 Å². The summed E-state index contributed by atoms with van der Waals surface area (Å²) in [6, 6.07) is 5.57. The molecule has 0 saturated heterocycles. The minimum atomic E-state index is -5.34. The third-order valence-corrected chi connectivity index (χ3v) is 5.60. The Hall–Kier alpha value is -2.34. The number of sulfonamides is 1. The molecule has 0 saturated carbocycles. The largest absolute Gasteiger partial charge is 0.511 e. The van der Waals surface area contributed by atoms with E-state index in [2.05, 4.69) is 4.98 Å². The Balaban J connectivity index is 1.99. The van der Waals surface area contributed by atoms with Gasteiger partial charge in [-0.2, -0.15) is 13.2 Å². The number of halogens is 3. The summed E-state index contributed by atoms with van der Waals surface area (Å²) in [7, 11) is -5.34. The van der Waals surface area contributed by atoms with Crippen molar-refractivity contribution in [2.75, 3.05) is 13.1 Å². The van der Waals surface area contributed by atoms with Crippen LogP contribution in [0.4, 0.5) is 18.0 Å². The second kappa shape index (κ2) is 10.1. The van der Waals surface area contributed by atoms with Crippen molar-refractivity contribution in [1.29, 1.82) is 0 Å². The Bertz CT molecular complexity index is 1030. The Labute approximate surface area is 185 Å². The van der Waals surface area contributed by atoms with E-state index in [-0.39, 0.29) is 19.5 Å². The first-order valence-electron chi connectivity index (χ1n) is 10.2. The normalized spacial score (nSPS) is 12.8. The lowest BCUT2D eigenvalue weighted by molar-refractivity contribution is -0.0447. The molecule has 2 heterocycles. The standard InChI is InChI=1S/C20H29F3N4O4S/c1-15-13-27-16(9-8-10-17(27)25-15)14-26(18(28)31-19(2,3)4)12-7-5-6-11-24-32(29,30)20(21,22)23/h8-10,13,24H,5-7,11-12,14H2,1-4H3. The van der Waals surface area contributed by atoms with Crippen LogP contribution in [0.5, 0.6) is 0 Å². The number of unbranched alkanes of at least 4 members (excludes halogenated alkanes) is 2. The fourth-order valence-corrected chi connectivity index (χ4v) is 3.54. The van der Waals surface area contributed by atoms with E-state index in [1.165, 1.54) is 9.62 Å². The van der Waals surface area contributed by atoms with Crippen LogP contribution in [0.15, 0.2) is 24.4 Å². The van der Waals surface area contributed by atoms with Crippen LogP contribution in [-0.4, -0.2) is 53.0 Å². The summed E-state index contributed by atoms with van der Waals surface area (Å²) in [6.45, 7) is 7.37. The molecule has 2 aromatic rings.